The molecular weight excluding hydrogens is 516 g/mol. The van der Waals surface area contributed by atoms with Crippen LogP contribution in [-0.4, -0.2) is 26.0 Å². The molecule has 0 N–H and O–H groups in total. The van der Waals surface area contributed by atoms with Crippen LogP contribution in [0.15, 0.2) is 39.3 Å². The van der Waals surface area contributed by atoms with Crippen molar-refractivity contribution in [3.63, 3.8) is 0 Å². The van der Waals surface area contributed by atoms with Gasteiger partial charge in [-0.2, -0.15) is 0 Å². The van der Waals surface area contributed by atoms with Gasteiger partial charge in [-0.3, -0.25) is 9.59 Å². The summed E-state index contributed by atoms with van der Waals surface area (Å²) in [4.78, 5) is 24.4. The number of ether oxygens (including phenoxy) is 3. The Morgan fingerprint density at radius 3 is 2.30 bits per heavy atom. The van der Waals surface area contributed by atoms with E-state index < -0.39 is 0 Å². The van der Waals surface area contributed by atoms with Crippen LogP contribution in [0.1, 0.15) is 48.0 Å². The predicted octanol–water partition coefficient (Wildman–Crippen LogP) is 6.49. The Morgan fingerprint density at radius 1 is 1.03 bits per heavy atom. The number of ketones is 1. The molecule has 0 heterocycles. The molecule has 3 rings (SSSR count). The van der Waals surface area contributed by atoms with Gasteiger partial charge in [-0.25, -0.2) is 0 Å². The summed E-state index contributed by atoms with van der Waals surface area (Å²) < 4.78 is 17.6. The van der Waals surface area contributed by atoms with Gasteiger partial charge in [0.05, 0.1) is 35.1 Å². The van der Waals surface area contributed by atoms with E-state index in [1.807, 2.05) is 12.1 Å². The first-order valence-corrected chi connectivity index (χ1v) is 11.4. The number of methoxy groups -OCH3 is 2. The fraction of sp³-hybridized carbons (Fsp3) is 0.391. The highest BCUT2D eigenvalue weighted by Crippen LogP contribution is 2.39. The predicted molar refractivity (Wildman–Crippen MR) is 122 cm³/mol. The van der Waals surface area contributed by atoms with Crippen LogP contribution in [0.25, 0.3) is 0 Å². The third-order valence-corrected chi connectivity index (χ3v) is 6.45. The number of Topliss-reactive ketones (excluding diaryl/α,β-unsaturated/α-hetero) is 1. The van der Waals surface area contributed by atoms with E-state index in [2.05, 4.69) is 31.9 Å². The van der Waals surface area contributed by atoms with E-state index in [1.54, 1.807) is 25.3 Å². The lowest BCUT2D eigenvalue weighted by Crippen LogP contribution is -2.08. The van der Waals surface area contributed by atoms with Crippen LogP contribution in [0, 0.1) is 5.92 Å². The number of esters is 1. The first-order chi connectivity index (χ1) is 14.4. The summed E-state index contributed by atoms with van der Waals surface area (Å²) in [5.41, 5.74) is 1.33. The van der Waals surface area contributed by atoms with Crippen molar-refractivity contribution < 1.29 is 23.8 Å². The van der Waals surface area contributed by atoms with E-state index in [1.165, 1.54) is 20.0 Å². The van der Waals surface area contributed by atoms with Gasteiger partial charge in [0.2, 0.25) is 0 Å². The molecular formula is C23H24Br2O5. The minimum atomic E-state index is -0.317. The van der Waals surface area contributed by atoms with E-state index in [0.717, 1.165) is 18.4 Å². The van der Waals surface area contributed by atoms with E-state index in [0.29, 0.717) is 44.1 Å². The number of carbonyl (C=O) groups is 2. The summed E-state index contributed by atoms with van der Waals surface area (Å²) in [7, 11) is 2.93. The third-order valence-electron chi connectivity index (χ3n) is 5.27. The van der Waals surface area contributed by atoms with Crippen molar-refractivity contribution in [3.8, 4) is 17.2 Å². The zero-order valence-electron chi connectivity index (χ0n) is 17.0. The van der Waals surface area contributed by atoms with Crippen molar-refractivity contribution in [3.05, 3.63) is 50.4 Å². The number of benzene rings is 2. The lowest BCUT2D eigenvalue weighted by molar-refractivity contribution is -0.139. The highest BCUT2D eigenvalue weighted by molar-refractivity contribution is 9.11. The lowest BCUT2D eigenvalue weighted by Gasteiger charge is -2.15. The van der Waals surface area contributed by atoms with Crippen LogP contribution in [0.5, 0.6) is 17.2 Å². The van der Waals surface area contributed by atoms with Gasteiger partial charge in [0.1, 0.15) is 11.5 Å². The van der Waals surface area contributed by atoms with Crippen LogP contribution < -0.4 is 9.47 Å². The molecule has 0 atom stereocenters. The monoisotopic (exact) mass is 538 g/mol. The zero-order chi connectivity index (χ0) is 21.7. The topological polar surface area (TPSA) is 61.8 Å². The molecule has 0 aromatic heterocycles. The molecule has 1 fully saturated rings. The van der Waals surface area contributed by atoms with Gasteiger partial charge < -0.3 is 14.2 Å². The van der Waals surface area contributed by atoms with Crippen LogP contribution in [-0.2, 0) is 16.0 Å². The molecule has 7 heteroatoms. The molecule has 0 radical (unpaired) electrons. The van der Waals surface area contributed by atoms with E-state index >= 15 is 0 Å². The largest absolute Gasteiger partial charge is 0.496 e. The van der Waals surface area contributed by atoms with Gasteiger partial charge >= 0.3 is 5.97 Å². The Bertz CT molecular complexity index is 912. The van der Waals surface area contributed by atoms with Crippen LogP contribution in [0.3, 0.4) is 0 Å². The number of halogens is 2. The average Bonchev–Trinajstić information content (AvgIpc) is 3.23. The molecule has 160 valence electrons. The van der Waals surface area contributed by atoms with Crippen molar-refractivity contribution in [1.82, 2.24) is 0 Å². The fourth-order valence-electron chi connectivity index (χ4n) is 3.72. The molecule has 0 saturated heterocycles. The molecule has 0 amide bonds. The van der Waals surface area contributed by atoms with Crippen LogP contribution in [0.4, 0.5) is 0 Å². The minimum Gasteiger partial charge on any atom is -0.496 e. The molecule has 1 aliphatic rings. The maximum absolute atomic E-state index is 12.9. The molecule has 2 aromatic rings. The van der Waals surface area contributed by atoms with Gasteiger partial charge in [-0.15, -0.1) is 0 Å². The van der Waals surface area contributed by atoms with Crippen molar-refractivity contribution in [2.45, 2.75) is 38.5 Å². The summed E-state index contributed by atoms with van der Waals surface area (Å²) in [6.45, 7) is 0. The molecule has 0 unspecified atom stereocenters. The summed E-state index contributed by atoms with van der Waals surface area (Å²) in [5.74, 6) is 1.86. The SMILES string of the molecule is COC(=O)Cc1cc(Br)c(Oc2ccc(OC)c(C(=O)CC3CCCC3)c2)c(Br)c1. The first-order valence-electron chi connectivity index (χ1n) is 9.85. The highest BCUT2D eigenvalue weighted by atomic mass is 79.9. The van der Waals surface area contributed by atoms with Crippen molar-refractivity contribution >= 4 is 43.6 Å². The van der Waals surface area contributed by atoms with E-state index in [9.17, 15) is 9.59 Å². The van der Waals surface area contributed by atoms with Crippen LogP contribution >= 0.6 is 31.9 Å². The lowest BCUT2D eigenvalue weighted by atomic mass is 9.96. The smallest absolute Gasteiger partial charge is 0.309 e. The van der Waals surface area contributed by atoms with Crippen molar-refractivity contribution in [2.24, 2.45) is 5.92 Å². The maximum atomic E-state index is 12.9. The molecule has 0 bridgehead atoms. The van der Waals surface area contributed by atoms with Gasteiger partial charge in [0, 0.05) is 6.42 Å². The molecule has 1 saturated carbocycles. The molecule has 0 spiro atoms. The Labute approximate surface area is 193 Å². The van der Waals surface area contributed by atoms with Gasteiger partial charge in [0.25, 0.3) is 0 Å². The summed E-state index contributed by atoms with van der Waals surface area (Å²) in [5, 5.41) is 0. The average molecular weight is 540 g/mol. The van der Waals surface area contributed by atoms with Gasteiger partial charge in [-0.05, 0) is 73.7 Å². The number of rotatable bonds is 8. The molecule has 0 aliphatic heterocycles. The number of hydrogen-bond acceptors (Lipinski definition) is 5. The second-order valence-corrected chi connectivity index (χ2v) is 9.09. The molecule has 30 heavy (non-hydrogen) atoms. The van der Waals surface area contributed by atoms with E-state index in [4.69, 9.17) is 14.2 Å². The van der Waals surface area contributed by atoms with Crippen LogP contribution in [0.2, 0.25) is 0 Å². The molecule has 5 nitrogen and oxygen atoms in total. The summed E-state index contributed by atoms with van der Waals surface area (Å²) in [6, 6.07) is 8.88. The standard InChI is InChI=1S/C23H24Br2O5/c1-28-21-8-7-16(13-17(21)20(26)11-14-5-3-4-6-14)30-23-18(24)9-15(10-19(23)25)12-22(27)29-2/h7-10,13-14H,3-6,11-12H2,1-2H3. The summed E-state index contributed by atoms with van der Waals surface area (Å²) >= 11 is 7.01. The van der Waals surface area contributed by atoms with Gasteiger partial charge in [-0.1, -0.05) is 25.7 Å². The maximum Gasteiger partial charge on any atom is 0.309 e. The fourth-order valence-corrected chi connectivity index (χ4v) is 5.17. The minimum absolute atomic E-state index is 0.0794. The second kappa shape index (κ2) is 10.4. The molecule has 2 aromatic carbocycles. The quantitative estimate of drug-likeness (QED) is 0.283. The Morgan fingerprint density at radius 2 is 1.70 bits per heavy atom. The highest BCUT2D eigenvalue weighted by Gasteiger charge is 2.22. The normalized spacial score (nSPS) is 13.9. The number of carbonyl (C=O) groups excluding carboxylic acids is 2. The van der Waals surface area contributed by atoms with Crippen molar-refractivity contribution in [1.29, 1.82) is 0 Å². The number of hydrogen-bond donors (Lipinski definition) is 0. The molecule has 1 aliphatic carbocycles. The summed E-state index contributed by atoms with van der Waals surface area (Å²) in [6.07, 6.45) is 5.33. The van der Waals surface area contributed by atoms with E-state index in [-0.39, 0.29) is 18.2 Å². The Balaban J connectivity index is 1.82. The zero-order valence-corrected chi connectivity index (χ0v) is 20.2. The second-order valence-electron chi connectivity index (χ2n) is 7.38. The Hall–Kier alpha value is -1.86. The Kier molecular flexibility index (Phi) is 7.94. The first kappa shape index (κ1) is 22.8. The van der Waals surface area contributed by atoms with Gasteiger partial charge in [0.15, 0.2) is 11.5 Å². The van der Waals surface area contributed by atoms with Crippen molar-refractivity contribution in [2.75, 3.05) is 14.2 Å². The third kappa shape index (κ3) is 5.64.